The molecule has 3 aromatic rings. The van der Waals surface area contributed by atoms with Crippen molar-refractivity contribution in [2.75, 3.05) is 11.9 Å². The fourth-order valence-electron chi connectivity index (χ4n) is 4.24. The molecule has 2 heterocycles. The number of nitrogens with zero attached hydrogens (tertiary/aromatic N) is 3. The average molecular weight is 406 g/mol. The van der Waals surface area contributed by atoms with Gasteiger partial charge in [-0.05, 0) is 37.0 Å². The van der Waals surface area contributed by atoms with Gasteiger partial charge in [-0.25, -0.2) is 4.98 Å². The fourth-order valence-corrected chi connectivity index (χ4v) is 4.24. The molecule has 1 fully saturated rings. The molecule has 30 heavy (non-hydrogen) atoms. The van der Waals surface area contributed by atoms with Gasteiger partial charge in [-0.15, -0.1) is 0 Å². The van der Waals surface area contributed by atoms with Gasteiger partial charge in [0.1, 0.15) is 5.65 Å². The molecular weight excluding hydrogens is 374 g/mol. The lowest BCUT2D eigenvalue weighted by Gasteiger charge is -2.22. The molecule has 0 unspecified atom stereocenters. The van der Waals surface area contributed by atoms with Crippen LogP contribution in [0.3, 0.4) is 0 Å². The van der Waals surface area contributed by atoms with Crippen molar-refractivity contribution in [3.05, 3.63) is 65.6 Å². The van der Waals surface area contributed by atoms with Gasteiger partial charge in [0.05, 0.1) is 24.1 Å². The van der Waals surface area contributed by atoms with Gasteiger partial charge in [-0.2, -0.15) is 0 Å². The number of anilines is 1. The molecule has 5 nitrogen and oxygen atoms in total. The monoisotopic (exact) mass is 405 g/mol. The van der Waals surface area contributed by atoms with E-state index in [9.17, 15) is 4.79 Å². The Morgan fingerprint density at radius 1 is 1.17 bits per heavy atom. The lowest BCUT2D eigenvalue weighted by atomic mass is 9.98. The number of imidazole rings is 1. The van der Waals surface area contributed by atoms with Gasteiger partial charge >= 0.3 is 0 Å². The Labute approximate surface area is 178 Å². The summed E-state index contributed by atoms with van der Waals surface area (Å²) in [6, 6.07) is 13.3. The first-order valence-corrected chi connectivity index (χ1v) is 11.0. The lowest BCUT2D eigenvalue weighted by Crippen LogP contribution is -2.26. The SMILES string of the molecule is CC(C)c1nc2cc(N(C)C(=O)c3ccccc3)ccn2c1COC1CCCCC1. The van der Waals surface area contributed by atoms with Crippen molar-refractivity contribution < 1.29 is 9.53 Å². The zero-order valence-corrected chi connectivity index (χ0v) is 18.2. The predicted molar refractivity (Wildman–Crippen MR) is 120 cm³/mol. The third-order valence-corrected chi connectivity index (χ3v) is 6.01. The van der Waals surface area contributed by atoms with Crippen molar-refractivity contribution in [2.24, 2.45) is 0 Å². The van der Waals surface area contributed by atoms with Crippen LogP contribution in [0.2, 0.25) is 0 Å². The third-order valence-electron chi connectivity index (χ3n) is 6.01. The minimum absolute atomic E-state index is 0.0311. The summed E-state index contributed by atoms with van der Waals surface area (Å²) in [6.07, 6.45) is 8.54. The van der Waals surface area contributed by atoms with Gasteiger partial charge in [0.25, 0.3) is 5.91 Å². The molecule has 0 N–H and O–H groups in total. The fraction of sp³-hybridized carbons (Fsp3) is 0.440. The Morgan fingerprint density at radius 3 is 2.60 bits per heavy atom. The molecule has 0 radical (unpaired) electrons. The van der Waals surface area contributed by atoms with Gasteiger partial charge in [-0.1, -0.05) is 51.3 Å². The van der Waals surface area contributed by atoms with Crippen molar-refractivity contribution in [1.82, 2.24) is 9.38 Å². The third kappa shape index (κ3) is 4.26. The second-order valence-corrected chi connectivity index (χ2v) is 8.51. The van der Waals surface area contributed by atoms with Gasteiger partial charge < -0.3 is 14.0 Å². The molecule has 158 valence electrons. The van der Waals surface area contributed by atoms with Gasteiger partial charge in [0, 0.05) is 30.6 Å². The number of benzene rings is 1. The molecule has 0 saturated heterocycles. The van der Waals surface area contributed by atoms with Crippen molar-refractivity contribution in [1.29, 1.82) is 0 Å². The zero-order chi connectivity index (χ0) is 21.1. The van der Waals surface area contributed by atoms with E-state index in [1.54, 1.807) is 11.9 Å². The maximum Gasteiger partial charge on any atom is 0.258 e. The van der Waals surface area contributed by atoms with Crippen LogP contribution in [-0.4, -0.2) is 28.4 Å². The Kier molecular flexibility index (Phi) is 6.18. The highest BCUT2D eigenvalue weighted by Crippen LogP contribution is 2.27. The summed E-state index contributed by atoms with van der Waals surface area (Å²) < 4.78 is 8.39. The maximum absolute atomic E-state index is 12.8. The molecular formula is C25H31N3O2. The Bertz CT molecular complexity index is 1000. The summed E-state index contributed by atoms with van der Waals surface area (Å²) in [6.45, 7) is 4.91. The average Bonchev–Trinajstić information content (AvgIpc) is 3.16. The number of ether oxygens (including phenoxy) is 1. The number of fused-ring (bicyclic) bond motifs is 1. The normalized spacial score (nSPS) is 15.1. The minimum Gasteiger partial charge on any atom is -0.372 e. The van der Waals surface area contributed by atoms with E-state index in [-0.39, 0.29) is 5.91 Å². The summed E-state index contributed by atoms with van der Waals surface area (Å²) >= 11 is 0. The summed E-state index contributed by atoms with van der Waals surface area (Å²) in [7, 11) is 1.81. The van der Waals surface area contributed by atoms with Crippen LogP contribution in [0.25, 0.3) is 5.65 Å². The second-order valence-electron chi connectivity index (χ2n) is 8.51. The second kappa shape index (κ2) is 9.00. The number of hydrogen-bond donors (Lipinski definition) is 0. The smallest absolute Gasteiger partial charge is 0.258 e. The van der Waals surface area contributed by atoms with E-state index in [1.807, 2.05) is 48.7 Å². The molecule has 1 saturated carbocycles. The molecule has 4 rings (SSSR count). The van der Waals surface area contributed by atoms with E-state index in [0.29, 0.717) is 24.2 Å². The predicted octanol–water partition coefficient (Wildman–Crippen LogP) is 5.58. The van der Waals surface area contributed by atoms with Crippen LogP contribution in [0.1, 0.15) is 73.6 Å². The quantitative estimate of drug-likeness (QED) is 0.537. The molecule has 1 aliphatic carbocycles. The number of aromatic nitrogens is 2. The maximum atomic E-state index is 12.8. The topological polar surface area (TPSA) is 46.8 Å². The van der Waals surface area contributed by atoms with Crippen LogP contribution in [-0.2, 0) is 11.3 Å². The zero-order valence-electron chi connectivity index (χ0n) is 18.2. The highest BCUT2D eigenvalue weighted by atomic mass is 16.5. The molecule has 0 aliphatic heterocycles. The summed E-state index contributed by atoms with van der Waals surface area (Å²) in [5, 5.41) is 0. The number of pyridine rings is 1. The van der Waals surface area contributed by atoms with Crippen LogP contribution >= 0.6 is 0 Å². The molecule has 1 amide bonds. The molecule has 0 atom stereocenters. The lowest BCUT2D eigenvalue weighted by molar-refractivity contribution is 0.0145. The number of carbonyl (C=O) groups is 1. The molecule has 1 aliphatic rings. The van der Waals surface area contributed by atoms with Crippen LogP contribution in [0.4, 0.5) is 5.69 Å². The molecule has 5 heteroatoms. The van der Waals surface area contributed by atoms with Crippen LogP contribution in [0.15, 0.2) is 48.7 Å². The first-order valence-electron chi connectivity index (χ1n) is 11.0. The molecule has 2 aromatic heterocycles. The number of amides is 1. The standard InChI is InChI=1S/C25H31N3O2/c1-18(2)24-22(17-30-21-12-8-5-9-13-21)28-15-14-20(16-23(28)26-24)27(3)25(29)19-10-6-4-7-11-19/h4,6-7,10-11,14-16,18,21H,5,8-9,12-13,17H2,1-3H3. The molecule has 0 bridgehead atoms. The summed E-state index contributed by atoms with van der Waals surface area (Å²) in [5.74, 6) is 0.276. The van der Waals surface area contributed by atoms with Crippen molar-refractivity contribution in [3.63, 3.8) is 0 Å². The van der Waals surface area contributed by atoms with Gasteiger partial charge in [-0.3, -0.25) is 4.79 Å². The van der Waals surface area contributed by atoms with Crippen LogP contribution < -0.4 is 4.90 Å². The van der Waals surface area contributed by atoms with Crippen molar-refractivity contribution >= 4 is 17.2 Å². The Morgan fingerprint density at radius 2 is 1.90 bits per heavy atom. The highest BCUT2D eigenvalue weighted by Gasteiger charge is 2.20. The van der Waals surface area contributed by atoms with Crippen molar-refractivity contribution in [3.8, 4) is 0 Å². The summed E-state index contributed by atoms with van der Waals surface area (Å²) in [5.41, 5.74) is 4.55. The van der Waals surface area contributed by atoms with E-state index in [4.69, 9.17) is 9.72 Å². The first kappa shape index (κ1) is 20.6. The Hall–Kier alpha value is -2.66. The van der Waals surface area contributed by atoms with Gasteiger partial charge in [0.15, 0.2) is 0 Å². The Balaban J connectivity index is 1.60. The van der Waals surface area contributed by atoms with E-state index in [2.05, 4.69) is 18.2 Å². The number of carbonyl (C=O) groups excluding carboxylic acids is 1. The number of hydrogen-bond acceptors (Lipinski definition) is 3. The number of rotatable bonds is 6. The van der Waals surface area contributed by atoms with E-state index in [0.717, 1.165) is 35.6 Å². The van der Waals surface area contributed by atoms with Gasteiger partial charge in [0.2, 0.25) is 0 Å². The minimum atomic E-state index is -0.0311. The first-order chi connectivity index (χ1) is 14.5. The van der Waals surface area contributed by atoms with Crippen molar-refractivity contribution in [2.45, 2.75) is 64.6 Å². The summed E-state index contributed by atoms with van der Waals surface area (Å²) in [4.78, 5) is 19.4. The highest BCUT2D eigenvalue weighted by molar-refractivity contribution is 6.05. The largest absolute Gasteiger partial charge is 0.372 e. The molecule has 1 aromatic carbocycles. The van der Waals surface area contributed by atoms with E-state index < -0.39 is 0 Å². The van der Waals surface area contributed by atoms with E-state index in [1.165, 1.54) is 19.3 Å². The van der Waals surface area contributed by atoms with Crippen LogP contribution in [0, 0.1) is 0 Å². The van der Waals surface area contributed by atoms with Crippen LogP contribution in [0.5, 0.6) is 0 Å². The van der Waals surface area contributed by atoms with E-state index >= 15 is 0 Å². The molecule has 0 spiro atoms.